The van der Waals surface area contributed by atoms with Gasteiger partial charge >= 0.3 is 0 Å². The Morgan fingerprint density at radius 3 is 2.63 bits per heavy atom. The molecule has 4 aromatic rings. The number of aryl methyl sites for hydroxylation is 2. The van der Waals surface area contributed by atoms with Crippen molar-refractivity contribution in [2.75, 3.05) is 25.6 Å². The van der Waals surface area contributed by atoms with E-state index in [-0.39, 0.29) is 11.7 Å². The van der Waals surface area contributed by atoms with Crippen LogP contribution in [0.15, 0.2) is 53.3 Å². The van der Waals surface area contributed by atoms with Crippen molar-refractivity contribution in [1.29, 1.82) is 0 Å². The molecule has 43 heavy (non-hydrogen) atoms. The first kappa shape index (κ1) is 30.3. The normalized spacial score (nSPS) is 16.6. The minimum Gasteiger partial charge on any atom is -0.481 e. The van der Waals surface area contributed by atoms with Crippen LogP contribution in [0, 0.1) is 13.8 Å². The van der Waals surface area contributed by atoms with Crippen molar-refractivity contribution in [2.45, 2.75) is 39.0 Å². The van der Waals surface area contributed by atoms with Crippen LogP contribution in [-0.4, -0.2) is 63.2 Å². The lowest BCUT2D eigenvalue weighted by Gasteiger charge is -2.28. The number of carbonyl (C=O) groups is 1. The monoisotopic (exact) mass is 604 g/mol. The summed E-state index contributed by atoms with van der Waals surface area (Å²) in [5.41, 5.74) is 4.22. The molecular weight excluding hydrogens is 572 g/mol. The van der Waals surface area contributed by atoms with Crippen LogP contribution in [0.2, 0.25) is 5.02 Å². The van der Waals surface area contributed by atoms with Crippen LogP contribution in [0.5, 0.6) is 5.88 Å². The topological polar surface area (TPSA) is 140 Å². The van der Waals surface area contributed by atoms with E-state index in [1.807, 2.05) is 49.4 Å². The average Bonchev–Trinajstić information content (AvgIpc) is 3.00. The Balaban J connectivity index is 1.41. The Kier molecular flexibility index (Phi) is 9.16. The maximum absolute atomic E-state index is 13.0. The number of rotatable bonds is 8. The van der Waals surface area contributed by atoms with Gasteiger partial charge in [0.05, 0.1) is 30.5 Å². The third kappa shape index (κ3) is 6.45. The number of ether oxygens (including phenoxy) is 2. The highest BCUT2D eigenvalue weighted by atomic mass is 35.5. The minimum atomic E-state index is -0.622. The van der Waals surface area contributed by atoms with Gasteiger partial charge in [-0.2, -0.15) is 5.10 Å². The average molecular weight is 605 g/mol. The van der Waals surface area contributed by atoms with Gasteiger partial charge in [0, 0.05) is 48.6 Å². The molecule has 0 saturated carbocycles. The molecule has 1 saturated heterocycles. The molecule has 3 heterocycles. The number of benzene rings is 2. The van der Waals surface area contributed by atoms with E-state index >= 15 is 0 Å². The van der Waals surface area contributed by atoms with Crippen LogP contribution < -0.4 is 20.9 Å². The highest BCUT2D eigenvalue weighted by Gasteiger charge is 2.24. The number of halogens is 1. The molecule has 12 heteroatoms. The van der Waals surface area contributed by atoms with Crippen molar-refractivity contribution in [3.05, 3.63) is 86.6 Å². The lowest BCUT2D eigenvalue weighted by Crippen LogP contribution is -2.46. The fraction of sp³-hybridized carbons (Fsp3) is 0.323. The molecule has 2 aromatic carbocycles. The molecule has 1 aliphatic rings. The molecule has 2 atom stereocenters. The quantitative estimate of drug-likeness (QED) is 0.275. The molecule has 5 rings (SSSR count). The van der Waals surface area contributed by atoms with E-state index in [2.05, 4.69) is 20.7 Å². The number of hydrogen-bond acceptors (Lipinski definition) is 9. The second-order valence-corrected chi connectivity index (χ2v) is 10.7. The van der Waals surface area contributed by atoms with Crippen molar-refractivity contribution in [3.63, 3.8) is 0 Å². The van der Waals surface area contributed by atoms with Gasteiger partial charge < -0.3 is 25.2 Å². The third-order valence-corrected chi connectivity index (χ3v) is 7.85. The van der Waals surface area contributed by atoms with E-state index in [9.17, 15) is 14.7 Å². The molecule has 2 aromatic heterocycles. The molecule has 2 unspecified atom stereocenters. The van der Waals surface area contributed by atoms with Gasteiger partial charge in [0.25, 0.3) is 11.5 Å². The van der Waals surface area contributed by atoms with Gasteiger partial charge in [-0.1, -0.05) is 48.0 Å². The largest absolute Gasteiger partial charge is 0.481 e. The van der Waals surface area contributed by atoms with Crippen LogP contribution in [0.4, 0.5) is 5.69 Å². The first-order chi connectivity index (χ1) is 20.7. The molecule has 1 amide bonds. The summed E-state index contributed by atoms with van der Waals surface area (Å²) in [6.07, 6.45) is 0.160. The summed E-state index contributed by atoms with van der Waals surface area (Å²) < 4.78 is 12.0. The number of aliphatic hydroxyl groups is 1. The smallest absolute Gasteiger partial charge is 0.298 e. The molecule has 3 N–H and O–H groups in total. The van der Waals surface area contributed by atoms with Crippen LogP contribution in [0.1, 0.15) is 33.9 Å². The highest BCUT2D eigenvalue weighted by molar-refractivity contribution is 6.36. The maximum Gasteiger partial charge on any atom is 0.298 e. The number of methoxy groups -OCH3 is 1. The zero-order valence-corrected chi connectivity index (χ0v) is 25.1. The second-order valence-electron chi connectivity index (χ2n) is 10.3. The number of nitrogens with zero attached hydrogens (tertiary/aromatic N) is 4. The van der Waals surface area contributed by atoms with Gasteiger partial charge in [0.1, 0.15) is 5.82 Å². The van der Waals surface area contributed by atoms with Crippen molar-refractivity contribution in [3.8, 4) is 28.3 Å². The summed E-state index contributed by atoms with van der Waals surface area (Å²) in [7, 11) is 3.04. The van der Waals surface area contributed by atoms with Gasteiger partial charge in [0.2, 0.25) is 5.88 Å². The van der Waals surface area contributed by atoms with Gasteiger partial charge in [-0.25, -0.2) is 14.6 Å². The van der Waals surface area contributed by atoms with E-state index in [0.29, 0.717) is 53.4 Å². The van der Waals surface area contributed by atoms with Crippen molar-refractivity contribution >= 4 is 23.2 Å². The van der Waals surface area contributed by atoms with Crippen LogP contribution in [-0.2, 0) is 18.3 Å². The molecular formula is C31H33ClN6O5. The van der Waals surface area contributed by atoms with Gasteiger partial charge in [-0.15, -0.1) is 0 Å². The number of pyridine rings is 1. The summed E-state index contributed by atoms with van der Waals surface area (Å²) in [6, 6.07) is 14.9. The summed E-state index contributed by atoms with van der Waals surface area (Å²) >= 11 is 6.99. The highest BCUT2D eigenvalue weighted by Crippen LogP contribution is 2.39. The number of hydrogen-bond donors (Lipinski definition) is 3. The molecule has 1 aliphatic heterocycles. The van der Waals surface area contributed by atoms with E-state index in [0.717, 1.165) is 33.4 Å². The summed E-state index contributed by atoms with van der Waals surface area (Å²) in [5, 5.41) is 20.8. The van der Waals surface area contributed by atoms with Crippen LogP contribution in [0.25, 0.3) is 22.4 Å². The van der Waals surface area contributed by atoms with Crippen molar-refractivity contribution in [1.82, 2.24) is 25.1 Å². The number of aliphatic hydroxyl groups excluding tert-OH is 1. The Morgan fingerprint density at radius 1 is 1.12 bits per heavy atom. The minimum absolute atomic E-state index is 0.0662. The number of amides is 1. The van der Waals surface area contributed by atoms with Crippen molar-refractivity contribution in [2.24, 2.45) is 7.05 Å². The molecule has 11 nitrogen and oxygen atoms in total. The number of nitrogens with one attached hydrogen (secondary N) is 2. The summed E-state index contributed by atoms with van der Waals surface area (Å²) in [4.78, 5) is 34.2. The predicted octanol–water partition coefficient (Wildman–Crippen LogP) is 3.67. The lowest BCUT2D eigenvalue weighted by molar-refractivity contribution is -0.0281. The standard InChI is InChI=1S/C31H33ClN6O5/c1-17-20(7-6-10-23(17)35-29(40)28-31(41)38(3)37-18(2)34-28)21-8-5-9-22(27(21)32)24-12-11-19(30(36-24)42-4)15-33-25-13-14-43-16-26(25)39/h5-12,25-26,33,39H,13-16H2,1-4H3,(H,35,40). The number of aromatic nitrogens is 4. The van der Waals surface area contributed by atoms with Crippen LogP contribution in [0.3, 0.4) is 0 Å². The van der Waals surface area contributed by atoms with Gasteiger partial charge in [0.15, 0.2) is 5.69 Å². The van der Waals surface area contributed by atoms with Crippen LogP contribution >= 0.6 is 11.6 Å². The molecule has 1 fully saturated rings. The zero-order valence-electron chi connectivity index (χ0n) is 24.3. The van der Waals surface area contributed by atoms with E-state index < -0.39 is 17.6 Å². The van der Waals surface area contributed by atoms with Gasteiger partial charge in [-0.05, 0) is 43.5 Å². The predicted molar refractivity (Wildman–Crippen MR) is 163 cm³/mol. The fourth-order valence-corrected chi connectivity index (χ4v) is 5.44. The Hall–Kier alpha value is -4.16. The van der Waals surface area contributed by atoms with Gasteiger partial charge in [-0.3, -0.25) is 9.59 Å². The molecule has 0 radical (unpaired) electrons. The molecule has 0 aliphatic carbocycles. The summed E-state index contributed by atoms with van der Waals surface area (Å²) in [6.45, 7) is 4.88. The van der Waals surface area contributed by atoms with Crippen molar-refractivity contribution < 1.29 is 19.4 Å². The number of carbonyl (C=O) groups excluding carboxylic acids is 1. The first-order valence-corrected chi connectivity index (χ1v) is 14.2. The zero-order chi connectivity index (χ0) is 30.7. The maximum atomic E-state index is 13.0. The Bertz CT molecular complexity index is 1730. The van der Waals surface area contributed by atoms with E-state index in [1.165, 1.54) is 7.05 Å². The molecule has 0 bridgehead atoms. The SMILES string of the molecule is COc1nc(-c2cccc(-c3cccc(NC(=O)c4nc(C)nn(C)c4=O)c3C)c2Cl)ccc1CNC1CCOCC1O. The Labute approximate surface area is 253 Å². The first-order valence-electron chi connectivity index (χ1n) is 13.8. The van der Waals surface area contributed by atoms with E-state index in [1.54, 1.807) is 20.1 Å². The lowest BCUT2D eigenvalue weighted by atomic mass is 9.96. The summed E-state index contributed by atoms with van der Waals surface area (Å²) in [5.74, 6) is 0.150. The number of anilines is 1. The molecule has 0 spiro atoms. The second kappa shape index (κ2) is 13.0. The van der Waals surface area contributed by atoms with E-state index in [4.69, 9.17) is 26.1 Å². The Morgan fingerprint density at radius 2 is 1.86 bits per heavy atom. The fourth-order valence-electron chi connectivity index (χ4n) is 5.11. The molecule has 224 valence electrons. The third-order valence-electron chi connectivity index (χ3n) is 7.44.